The lowest BCUT2D eigenvalue weighted by atomic mass is 9.57. The van der Waals surface area contributed by atoms with Crippen LogP contribution in [0.15, 0.2) is 53.3 Å². The SMILES string of the molecule is CC(=O)OCC(O)Nc1ccc(-c2ccc(O)c3c2C[C@H]2C[C@H]4[C@H](N(C)C)C(=O)C(C(N)=O)=C(O)[C@@]4(O)C(=O)C2=C3O)cc1. The Balaban J connectivity index is 1.57. The molecule has 1 fully saturated rings. The number of ketones is 2. The molecule has 0 heterocycles. The summed E-state index contributed by atoms with van der Waals surface area (Å²) < 4.78 is 4.79. The van der Waals surface area contributed by atoms with Gasteiger partial charge < -0.3 is 41.3 Å². The number of aromatic hydroxyl groups is 1. The van der Waals surface area contributed by atoms with Gasteiger partial charge in [-0.05, 0) is 67.7 Å². The van der Waals surface area contributed by atoms with E-state index in [1.54, 1.807) is 30.3 Å². The molecule has 0 bridgehead atoms. The number of rotatable bonds is 7. The minimum absolute atomic E-state index is 0.0159. The van der Waals surface area contributed by atoms with Crippen LogP contribution < -0.4 is 11.1 Å². The molecule has 3 aliphatic rings. The van der Waals surface area contributed by atoms with Crippen LogP contribution in [-0.4, -0.2) is 92.4 Å². The number of carbonyl (C=O) groups is 4. The number of fused-ring (bicyclic) bond motifs is 3. The minimum Gasteiger partial charge on any atom is -0.508 e. The number of hydrogen-bond acceptors (Lipinski definition) is 12. The highest BCUT2D eigenvalue weighted by Crippen LogP contribution is 2.53. The second-order valence-electron chi connectivity index (χ2n) is 11.5. The summed E-state index contributed by atoms with van der Waals surface area (Å²) in [6.45, 7) is 0.986. The van der Waals surface area contributed by atoms with Crippen molar-refractivity contribution < 1.29 is 49.4 Å². The van der Waals surface area contributed by atoms with Crippen molar-refractivity contribution in [2.75, 3.05) is 26.0 Å². The fraction of sp³-hybridized carbons (Fsp3) is 0.355. The number of likely N-dealkylation sites (N-methyl/N-ethyl adjacent to an activating group) is 1. The van der Waals surface area contributed by atoms with Gasteiger partial charge in [0.1, 0.15) is 29.4 Å². The molecule has 13 nitrogen and oxygen atoms in total. The van der Waals surface area contributed by atoms with Gasteiger partial charge in [0.15, 0.2) is 17.6 Å². The monoisotopic (exact) mass is 607 g/mol. The van der Waals surface area contributed by atoms with Crippen LogP contribution in [0.25, 0.3) is 16.9 Å². The molecule has 3 aliphatic carbocycles. The number of ether oxygens (including phenoxy) is 1. The number of carbonyl (C=O) groups excluding carboxylic acids is 4. The quantitative estimate of drug-likeness (QED) is 0.133. The highest BCUT2D eigenvalue weighted by molar-refractivity contribution is 6.24. The maximum atomic E-state index is 14.0. The molecule has 1 amide bonds. The van der Waals surface area contributed by atoms with Gasteiger partial charge in [0.25, 0.3) is 5.91 Å². The number of nitrogens with zero attached hydrogens (tertiary/aromatic N) is 1. The molecule has 2 aromatic carbocycles. The van der Waals surface area contributed by atoms with E-state index < -0.39 is 70.2 Å². The molecule has 232 valence electrons. The van der Waals surface area contributed by atoms with E-state index in [4.69, 9.17) is 10.5 Å². The summed E-state index contributed by atoms with van der Waals surface area (Å²) >= 11 is 0. The first-order valence-electron chi connectivity index (χ1n) is 13.9. The summed E-state index contributed by atoms with van der Waals surface area (Å²) in [6.07, 6.45) is -1.02. The van der Waals surface area contributed by atoms with E-state index in [1.165, 1.54) is 32.0 Å². The predicted molar refractivity (Wildman–Crippen MR) is 156 cm³/mol. The van der Waals surface area contributed by atoms with Crippen LogP contribution in [0.4, 0.5) is 5.69 Å². The molecule has 0 saturated heterocycles. The molecule has 2 aromatic rings. The normalized spacial score (nSPS) is 25.3. The van der Waals surface area contributed by atoms with Gasteiger partial charge in [-0.3, -0.25) is 24.1 Å². The Bertz CT molecular complexity index is 1640. The number of phenolic OH excluding ortho intramolecular Hbond substituents is 1. The number of anilines is 1. The molecule has 8 N–H and O–H groups in total. The van der Waals surface area contributed by atoms with Crippen molar-refractivity contribution in [3.63, 3.8) is 0 Å². The molecule has 1 saturated carbocycles. The fourth-order valence-electron chi connectivity index (χ4n) is 6.69. The summed E-state index contributed by atoms with van der Waals surface area (Å²) in [5.74, 6) is -7.64. The third kappa shape index (κ3) is 4.78. The van der Waals surface area contributed by atoms with Crippen molar-refractivity contribution in [3.05, 3.63) is 64.4 Å². The number of aliphatic hydroxyl groups is 4. The number of benzene rings is 2. The number of primary amides is 1. The van der Waals surface area contributed by atoms with Gasteiger partial charge in [-0.2, -0.15) is 0 Å². The highest BCUT2D eigenvalue weighted by atomic mass is 16.5. The topological polar surface area (TPSA) is 220 Å². The lowest BCUT2D eigenvalue weighted by Gasteiger charge is -2.50. The van der Waals surface area contributed by atoms with E-state index in [-0.39, 0.29) is 36.3 Å². The Morgan fingerprint density at radius 2 is 1.77 bits per heavy atom. The second kappa shape index (κ2) is 11.1. The Hall–Kier alpha value is -4.72. The molecular weight excluding hydrogens is 574 g/mol. The number of esters is 1. The van der Waals surface area contributed by atoms with Gasteiger partial charge in [0.05, 0.1) is 11.6 Å². The number of hydrogen-bond donors (Lipinski definition) is 7. The molecule has 13 heteroatoms. The van der Waals surface area contributed by atoms with Crippen LogP contribution in [-0.2, 0) is 30.3 Å². The van der Waals surface area contributed by atoms with E-state index in [9.17, 15) is 44.7 Å². The van der Waals surface area contributed by atoms with Crippen molar-refractivity contribution in [2.24, 2.45) is 17.6 Å². The summed E-state index contributed by atoms with van der Waals surface area (Å²) in [4.78, 5) is 51.8. The van der Waals surface area contributed by atoms with Crippen LogP contribution >= 0.6 is 0 Å². The first kappa shape index (κ1) is 30.7. The zero-order chi connectivity index (χ0) is 32.2. The van der Waals surface area contributed by atoms with Crippen LogP contribution in [0.2, 0.25) is 0 Å². The van der Waals surface area contributed by atoms with Gasteiger partial charge in [-0.25, -0.2) is 0 Å². The van der Waals surface area contributed by atoms with Crippen molar-refractivity contribution in [1.29, 1.82) is 0 Å². The van der Waals surface area contributed by atoms with E-state index in [2.05, 4.69) is 5.32 Å². The first-order valence-corrected chi connectivity index (χ1v) is 13.9. The number of amides is 1. The first-order chi connectivity index (χ1) is 20.7. The lowest BCUT2D eigenvalue weighted by Crippen LogP contribution is -2.65. The summed E-state index contributed by atoms with van der Waals surface area (Å²) in [6, 6.07) is 8.68. The second-order valence-corrected chi connectivity index (χ2v) is 11.5. The third-order valence-electron chi connectivity index (χ3n) is 8.58. The minimum atomic E-state index is -2.71. The molecule has 5 atom stereocenters. The van der Waals surface area contributed by atoms with Gasteiger partial charge in [-0.1, -0.05) is 18.2 Å². The zero-order valence-electron chi connectivity index (χ0n) is 24.2. The Kier molecular flexibility index (Phi) is 7.74. The molecule has 1 unspecified atom stereocenters. The van der Waals surface area contributed by atoms with Crippen LogP contribution in [0.1, 0.15) is 24.5 Å². The van der Waals surface area contributed by atoms with E-state index in [0.29, 0.717) is 22.4 Å². The maximum Gasteiger partial charge on any atom is 0.302 e. The van der Waals surface area contributed by atoms with Crippen molar-refractivity contribution in [3.8, 4) is 16.9 Å². The summed E-state index contributed by atoms with van der Waals surface area (Å²) in [7, 11) is 3.08. The largest absolute Gasteiger partial charge is 0.508 e. The average molecular weight is 608 g/mol. The van der Waals surface area contributed by atoms with Crippen LogP contribution in [0, 0.1) is 11.8 Å². The number of phenols is 1. The Labute approximate surface area is 251 Å². The van der Waals surface area contributed by atoms with Crippen LogP contribution in [0.3, 0.4) is 0 Å². The number of nitrogens with two attached hydrogens (primary N) is 1. The molecule has 0 aromatic heterocycles. The Morgan fingerprint density at radius 3 is 2.36 bits per heavy atom. The van der Waals surface area contributed by atoms with E-state index in [0.717, 1.165) is 0 Å². The van der Waals surface area contributed by atoms with Gasteiger partial charge >= 0.3 is 5.97 Å². The van der Waals surface area contributed by atoms with Gasteiger partial charge in [0.2, 0.25) is 5.78 Å². The van der Waals surface area contributed by atoms with Crippen molar-refractivity contribution >= 4 is 34.9 Å². The molecule has 0 spiro atoms. The van der Waals surface area contributed by atoms with Crippen molar-refractivity contribution in [2.45, 2.75) is 37.6 Å². The van der Waals surface area contributed by atoms with Crippen LogP contribution in [0.5, 0.6) is 5.75 Å². The molecular formula is C31H33N3O10. The fourth-order valence-corrected chi connectivity index (χ4v) is 6.69. The number of nitrogens with one attached hydrogen (secondary N) is 1. The highest BCUT2D eigenvalue weighted by Gasteiger charge is 2.64. The summed E-state index contributed by atoms with van der Waals surface area (Å²) in [5.41, 5.74) is 3.90. The smallest absolute Gasteiger partial charge is 0.302 e. The summed E-state index contributed by atoms with van der Waals surface area (Å²) in [5, 5.41) is 57.8. The third-order valence-corrected chi connectivity index (χ3v) is 8.58. The molecule has 0 radical (unpaired) electrons. The average Bonchev–Trinajstić information content (AvgIpc) is 2.94. The van der Waals surface area contributed by atoms with Gasteiger partial charge in [0, 0.05) is 24.1 Å². The van der Waals surface area contributed by atoms with Crippen molar-refractivity contribution in [1.82, 2.24) is 4.90 Å². The molecule has 44 heavy (non-hydrogen) atoms. The maximum absolute atomic E-state index is 14.0. The molecule has 0 aliphatic heterocycles. The zero-order valence-corrected chi connectivity index (χ0v) is 24.2. The lowest BCUT2D eigenvalue weighted by molar-refractivity contribution is -0.153. The standard InChI is InChI=1S/C31H33N3O10/c1-13(35)44-12-21(37)33-16-6-4-14(5-7-16)17-8-9-20(36)23-18(17)10-15-11-19-25(34(2)3)27(39)24(30(32)42)29(41)31(19,43)28(40)22(15)26(23)38/h4-9,15,19,21,25,33,36-38,41,43H,10-12H2,1-3H3,(H2,32,42)/t15-,19-,21?,25-,31-/m0/s1. The van der Waals surface area contributed by atoms with E-state index in [1.807, 2.05) is 0 Å². The molecule has 5 rings (SSSR count). The van der Waals surface area contributed by atoms with E-state index >= 15 is 0 Å². The number of Topliss-reactive ketones (excluding diaryl/α,β-unsaturated/α-hetero) is 2. The Morgan fingerprint density at radius 1 is 1.11 bits per heavy atom. The van der Waals surface area contributed by atoms with Gasteiger partial charge in [-0.15, -0.1) is 0 Å². The number of aliphatic hydroxyl groups excluding tert-OH is 3. The predicted octanol–water partition coefficient (Wildman–Crippen LogP) is 0.924.